The molecule has 0 heterocycles. The van der Waals surface area contributed by atoms with Crippen molar-refractivity contribution in [2.45, 2.75) is 78.1 Å². The summed E-state index contributed by atoms with van der Waals surface area (Å²) in [6.45, 7) is 4.08. The van der Waals surface area contributed by atoms with Crippen molar-refractivity contribution in [2.75, 3.05) is 14.2 Å². The van der Waals surface area contributed by atoms with Crippen molar-refractivity contribution in [1.29, 1.82) is 0 Å². The fraction of sp³-hybridized carbons (Fsp3) is 0.538. The second kappa shape index (κ2) is 13.6. The summed E-state index contributed by atoms with van der Waals surface area (Å²) in [4.78, 5) is 42.3. The number of hydrogen-bond acceptors (Lipinski definition) is 7. The third-order valence-electron chi connectivity index (χ3n) is 5.59. The van der Waals surface area contributed by atoms with Crippen molar-refractivity contribution in [1.82, 2.24) is 0 Å². The van der Waals surface area contributed by atoms with Crippen LogP contribution >= 0.6 is 0 Å². The lowest BCUT2D eigenvalue weighted by atomic mass is 9.88. The number of ether oxygens (including phenoxy) is 2. The van der Waals surface area contributed by atoms with Crippen LogP contribution in [0.25, 0.3) is 0 Å². The number of benzene rings is 1. The molecule has 180 valence electrons. The lowest BCUT2D eigenvalue weighted by Gasteiger charge is -2.20. The minimum Gasteiger partial charge on any atom is -0.496 e. The monoisotopic (exact) mass is 457 g/mol. The molecule has 0 fully saturated rings. The average molecular weight is 458 g/mol. The summed E-state index contributed by atoms with van der Waals surface area (Å²) in [6.07, 6.45) is 11.7. The van der Waals surface area contributed by atoms with Gasteiger partial charge >= 0.3 is 5.97 Å². The maximum atomic E-state index is 12.7. The Morgan fingerprint density at radius 2 is 1.45 bits per heavy atom. The molecule has 33 heavy (non-hydrogen) atoms. The molecular formula is C26H35NO6. The minimum absolute atomic E-state index is 0.145. The summed E-state index contributed by atoms with van der Waals surface area (Å²) in [7, 11) is 2.88. The van der Waals surface area contributed by atoms with Crippen molar-refractivity contribution in [3.05, 3.63) is 34.9 Å². The summed E-state index contributed by atoms with van der Waals surface area (Å²) >= 11 is 0. The molecule has 0 radical (unpaired) electrons. The Balaban J connectivity index is 2.39. The van der Waals surface area contributed by atoms with E-state index in [-0.39, 0.29) is 40.6 Å². The molecule has 0 saturated heterocycles. The number of carbonyl (C=O) groups excluding carboxylic acids is 3. The number of carbonyl (C=O) groups is 3. The van der Waals surface area contributed by atoms with Crippen molar-refractivity contribution in [3.8, 4) is 11.5 Å². The van der Waals surface area contributed by atoms with Crippen molar-refractivity contribution in [3.63, 3.8) is 0 Å². The Morgan fingerprint density at radius 3 is 2.06 bits per heavy atom. The highest BCUT2D eigenvalue weighted by Crippen LogP contribution is 2.38. The molecule has 2 rings (SSSR count). The molecule has 1 aromatic rings. The number of ketones is 2. The van der Waals surface area contributed by atoms with Gasteiger partial charge in [-0.2, -0.15) is 0 Å². The average Bonchev–Trinajstić information content (AvgIpc) is 2.81. The van der Waals surface area contributed by atoms with Crippen LogP contribution in [0.15, 0.2) is 23.4 Å². The molecule has 1 aromatic carbocycles. The first kappa shape index (κ1) is 26.3. The predicted molar refractivity (Wildman–Crippen MR) is 127 cm³/mol. The molecule has 7 nitrogen and oxygen atoms in total. The highest BCUT2D eigenvalue weighted by molar-refractivity contribution is 6.25. The fourth-order valence-corrected chi connectivity index (χ4v) is 3.86. The largest absolute Gasteiger partial charge is 0.496 e. The number of nitrogens with zero attached hydrogens (tertiary/aromatic N) is 1. The van der Waals surface area contributed by atoms with Crippen molar-refractivity contribution in [2.24, 2.45) is 5.16 Å². The lowest BCUT2D eigenvalue weighted by molar-refractivity contribution is -0.143. The van der Waals surface area contributed by atoms with Gasteiger partial charge in [-0.25, -0.2) is 4.79 Å². The Hall–Kier alpha value is -2.96. The molecule has 0 aromatic heterocycles. The lowest BCUT2D eigenvalue weighted by Crippen LogP contribution is -2.18. The number of allylic oxidation sites excluding steroid dienone is 2. The van der Waals surface area contributed by atoms with Crippen molar-refractivity contribution >= 4 is 23.2 Å². The van der Waals surface area contributed by atoms with Gasteiger partial charge in [0.1, 0.15) is 11.5 Å². The van der Waals surface area contributed by atoms with Gasteiger partial charge < -0.3 is 14.3 Å². The van der Waals surface area contributed by atoms with Gasteiger partial charge in [0.15, 0.2) is 11.6 Å². The van der Waals surface area contributed by atoms with E-state index >= 15 is 0 Å². The number of oxime groups is 1. The number of unbranched alkanes of at least 4 members (excludes halogenated alkanes) is 6. The molecule has 0 saturated carbocycles. The molecule has 0 spiro atoms. The van der Waals surface area contributed by atoms with E-state index in [1.54, 1.807) is 6.07 Å². The molecule has 0 amide bonds. The van der Waals surface area contributed by atoms with Crippen LogP contribution in [0.3, 0.4) is 0 Å². The third kappa shape index (κ3) is 7.01. The third-order valence-corrected chi connectivity index (χ3v) is 5.59. The number of rotatable bonds is 14. The Labute approximate surface area is 196 Å². The second-order valence-electron chi connectivity index (χ2n) is 8.09. The van der Waals surface area contributed by atoms with Gasteiger partial charge in [-0.05, 0) is 37.5 Å². The summed E-state index contributed by atoms with van der Waals surface area (Å²) in [5, 5.41) is 4.15. The number of fused-ring (bicyclic) bond motifs is 1. The van der Waals surface area contributed by atoms with Crippen LogP contribution in [0, 0.1) is 0 Å². The maximum absolute atomic E-state index is 12.7. The molecule has 0 unspecified atom stereocenters. The molecule has 7 heteroatoms. The summed E-state index contributed by atoms with van der Waals surface area (Å²) in [5.41, 5.74) is 1.29. The van der Waals surface area contributed by atoms with Crippen LogP contribution in [0.1, 0.15) is 104 Å². The zero-order valence-corrected chi connectivity index (χ0v) is 20.2. The van der Waals surface area contributed by atoms with E-state index in [4.69, 9.17) is 14.3 Å². The summed E-state index contributed by atoms with van der Waals surface area (Å²) in [5.74, 6) is -0.601. The van der Waals surface area contributed by atoms with Crippen LogP contribution in [0.5, 0.6) is 11.5 Å². The zero-order valence-electron chi connectivity index (χ0n) is 20.2. The SMILES string of the molecule is CCCCCCCCCC(=NOC(=O)CCC)c1cc(OC)c2c(c1OC)C(=O)C=CC2=O. The van der Waals surface area contributed by atoms with Crippen LogP contribution in [0.4, 0.5) is 0 Å². The quantitative estimate of drug-likeness (QED) is 0.151. The van der Waals surface area contributed by atoms with E-state index in [0.29, 0.717) is 24.1 Å². The fourth-order valence-electron chi connectivity index (χ4n) is 3.86. The first-order valence-corrected chi connectivity index (χ1v) is 11.8. The molecule has 0 N–H and O–H groups in total. The van der Waals surface area contributed by atoms with Gasteiger partial charge in [-0.1, -0.05) is 57.5 Å². The molecule has 0 bridgehead atoms. The van der Waals surface area contributed by atoms with E-state index in [1.165, 1.54) is 52.1 Å². The number of methoxy groups -OCH3 is 2. The smallest absolute Gasteiger partial charge is 0.335 e. The van der Waals surface area contributed by atoms with E-state index in [1.807, 2.05) is 6.92 Å². The maximum Gasteiger partial charge on any atom is 0.335 e. The van der Waals surface area contributed by atoms with Gasteiger partial charge in [0.25, 0.3) is 0 Å². The normalized spacial score (nSPS) is 13.2. The number of hydrogen-bond donors (Lipinski definition) is 0. The van der Waals surface area contributed by atoms with Crippen molar-refractivity contribution < 1.29 is 28.7 Å². The molecule has 0 aliphatic heterocycles. The van der Waals surface area contributed by atoms with Crippen LogP contribution < -0.4 is 9.47 Å². The van der Waals surface area contributed by atoms with Gasteiger partial charge in [-0.15, -0.1) is 0 Å². The first-order valence-electron chi connectivity index (χ1n) is 11.8. The Morgan fingerprint density at radius 1 is 0.818 bits per heavy atom. The van der Waals surface area contributed by atoms with Gasteiger partial charge in [0, 0.05) is 12.0 Å². The first-order chi connectivity index (χ1) is 16.0. The summed E-state index contributed by atoms with van der Waals surface area (Å²) in [6, 6.07) is 1.63. The van der Waals surface area contributed by atoms with Crippen LogP contribution in [0.2, 0.25) is 0 Å². The zero-order chi connectivity index (χ0) is 24.2. The van der Waals surface area contributed by atoms with E-state index < -0.39 is 5.97 Å². The highest BCUT2D eigenvalue weighted by Gasteiger charge is 2.31. The topological polar surface area (TPSA) is 91.3 Å². The van der Waals surface area contributed by atoms with Gasteiger partial charge in [-0.3, -0.25) is 9.59 Å². The highest BCUT2D eigenvalue weighted by atomic mass is 16.7. The molecule has 0 atom stereocenters. The van der Waals surface area contributed by atoms with Gasteiger partial charge in [0.05, 0.1) is 31.1 Å². The van der Waals surface area contributed by atoms with E-state index in [2.05, 4.69) is 12.1 Å². The Kier molecular flexibility index (Phi) is 10.8. The Bertz CT molecular complexity index is 916. The van der Waals surface area contributed by atoms with Crippen LogP contribution in [-0.4, -0.2) is 37.5 Å². The second-order valence-corrected chi connectivity index (χ2v) is 8.09. The minimum atomic E-state index is -0.423. The summed E-state index contributed by atoms with van der Waals surface area (Å²) < 4.78 is 11.0. The van der Waals surface area contributed by atoms with E-state index in [0.717, 1.165) is 19.3 Å². The molecule has 1 aliphatic carbocycles. The van der Waals surface area contributed by atoms with E-state index in [9.17, 15) is 14.4 Å². The van der Waals surface area contributed by atoms with Gasteiger partial charge in [0.2, 0.25) is 0 Å². The standard InChI is InChI=1S/C26H35NO6/c1-5-7-8-9-10-11-12-14-19(27-33-23(30)13-6-2)18-17-22(31-3)24-20(28)15-16-21(29)25(24)26(18)32-4/h15-17H,5-14H2,1-4H3. The van der Waals surface area contributed by atoms with Crippen LogP contribution in [-0.2, 0) is 9.63 Å². The molecule has 1 aliphatic rings. The predicted octanol–water partition coefficient (Wildman–Crippen LogP) is 5.83. The molecular weight excluding hydrogens is 422 g/mol.